The van der Waals surface area contributed by atoms with Crippen LogP contribution in [-0.4, -0.2) is 19.4 Å². The average molecular weight is 447 g/mol. The van der Waals surface area contributed by atoms with Gasteiger partial charge in [-0.2, -0.15) is 0 Å². The number of pyridine rings is 3. The van der Waals surface area contributed by atoms with Crippen LogP contribution in [0.3, 0.4) is 0 Å². The Hall–Kier alpha value is -4.57. The zero-order chi connectivity index (χ0) is 22.7. The number of rotatable bonds is 0. The minimum Gasteiger partial charge on any atom is -0.276 e. The topological polar surface area (TPSA) is 43.1 Å². The molecule has 0 saturated heterocycles. The van der Waals surface area contributed by atoms with E-state index in [2.05, 4.69) is 69.0 Å². The van der Waals surface area contributed by atoms with Crippen LogP contribution in [0.4, 0.5) is 0 Å². The summed E-state index contributed by atoms with van der Waals surface area (Å²) < 4.78 is 2.19. The van der Waals surface area contributed by atoms with E-state index in [1.165, 1.54) is 49.9 Å². The number of imidazole rings is 1. The van der Waals surface area contributed by atoms with E-state index >= 15 is 0 Å². The van der Waals surface area contributed by atoms with E-state index in [9.17, 15) is 0 Å². The number of hydrogen-bond donors (Lipinski definition) is 0. The third kappa shape index (κ3) is 2.20. The van der Waals surface area contributed by atoms with E-state index < -0.39 is 0 Å². The summed E-state index contributed by atoms with van der Waals surface area (Å²) in [7, 11) is 0. The minimum absolute atomic E-state index is 0.885. The Morgan fingerprint density at radius 2 is 1.43 bits per heavy atom. The maximum atomic E-state index is 5.04. The van der Waals surface area contributed by atoms with Gasteiger partial charge in [0.05, 0.1) is 5.52 Å². The van der Waals surface area contributed by atoms with Gasteiger partial charge in [0.15, 0.2) is 5.65 Å². The largest absolute Gasteiger partial charge is 0.276 e. The van der Waals surface area contributed by atoms with Crippen molar-refractivity contribution < 1.29 is 0 Å². The second-order valence-corrected chi connectivity index (χ2v) is 9.74. The normalized spacial score (nSPS) is 13.5. The zero-order valence-electron chi connectivity index (χ0n) is 18.8. The molecule has 3 aromatic carbocycles. The molecule has 0 fully saturated rings. The smallest absolute Gasteiger partial charge is 0.164 e. The van der Waals surface area contributed by atoms with Crippen LogP contribution in [0.5, 0.6) is 0 Å². The van der Waals surface area contributed by atoms with Crippen molar-refractivity contribution in [1.82, 2.24) is 19.4 Å². The Bertz CT molecular complexity index is 2070. The lowest BCUT2D eigenvalue weighted by molar-refractivity contribution is 1.21. The first-order chi connectivity index (χ1) is 17.3. The van der Waals surface area contributed by atoms with E-state index in [0.717, 1.165) is 45.9 Å². The highest BCUT2D eigenvalue weighted by Gasteiger charge is 2.26. The summed E-state index contributed by atoms with van der Waals surface area (Å²) in [6.07, 6.45) is 7.67. The van der Waals surface area contributed by atoms with E-state index in [1.807, 2.05) is 30.7 Å². The molecule has 2 aliphatic rings. The van der Waals surface area contributed by atoms with Gasteiger partial charge in [0, 0.05) is 29.4 Å². The molecule has 4 aromatic heterocycles. The van der Waals surface area contributed by atoms with Gasteiger partial charge < -0.3 is 0 Å². The molecule has 9 rings (SSSR count). The van der Waals surface area contributed by atoms with E-state index in [1.54, 1.807) is 0 Å². The van der Waals surface area contributed by atoms with Gasteiger partial charge in [-0.25, -0.2) is 9.97 Å². The molecule has 0 bridgehead atoms. The van der Waals surface area contributed by atoms with Crippen LogP contribution in [0.25, 0.3) is 60.7 Å². The maximum Gasteiger partial charge on any atom is 0.164 e. The van der Waals surface area contributed by atoms with Gasteiger partial charge in [-0.1, -0.05) is 30.3 Å². The summed E-state index contributed by atoms with van der Waals surface area (Å²) in [5, 5.41) is 3.49. The van der Waals surface area contributed by atoms with Gasteiger partial charge in [-0.05, 0) is 99.1 Å². The number of nitrogens with zero attached hydrogens (tertiary/aromatic N) is 4. The van der Waals surface area contributed by atoms with Crippen molar-refractivity contribution in [3.8, 4) is 22.3 Å². The van der Waals surface area contributed by atoms with Crippen molar-refractivity contribution in [1.29, 1.82) is 0 Å². The van der Waals surface area contributed by atoms with Crippen LogP contribution < -0.4 is 0 Å². The molecule has 0 unspecified atom stereocenters. The molecular formula is C31H18N4. The summed E-state index contributed by atoms with van der Waals surface area (Å²) in [4.78, 5) is 14.2. The van der Waals surface area contributed by atoms with Crippen LogP contribution in [0.15, 0.2) is 85.3 Å². The fraction of sp³-hybridized carbons (Fsp3) is 0.0645. The molecular weight excluding hydrogens is 428 g/mol. The lowest BCUT2D eigenvalue weighted by Crippen LogP contribution is -1.94. The molecule has 0 N–H and O–H groups in total. The number of fused-ring (bicyclic) bond motifs is 14. The van der Waals surface area contributed by atoms with Gasteiger partial charge in [0.1, 0.15) is 11.2 Å². The lowest BCUT2D eigenvalue weighted by atomic mass is 9.96. The first kappa shape index (κ1) is 17.8. The molecule has 4 heterocycles. The van der Waals surface area contributed by atoms with E-state index in [0.29, 0.717) is 0 Å². The fourth-order valence-corrected chi connectivity index (χ4v) is 6.40. The molecule has 2 aliphatic carbocycles. The molecule has 4 nitrogen and oxygen atoms in total. The summed E-state index contributed by atoms with van der Waals surface area (Å²) in [6.45, 7) is 0. The SMILES string of the molecule is c1ccc2c(c1)Cc1cc3c(cc1-2)-c1cc2c(cc1C3)c1cnccc1n1c3ncccc3nc21. The van der Waals surface area contributed by atoms with E-state index in [-0.39, 0.29) is 0 Å². The van der Waals surface area contributed by atoms with Crippen molar-refractivity contribution in [3.05, 3.63) is 108 Å². The van der Waals surface area contributed by atoms with E-state index in [4.69, 9.17) is 4.98 Å². The standard InChI is InChI=1S/C31H18N4/c1-2-5-21-17(4-1)10-18-11-19-12-20-13-25-26(15-24(20)23(19)14-22(18)21)30-34-28-6-3-8-33-31(28)35(30)29-7-9-32-16-27(25)29/h1-9,11,13-16H,10,12H2. The first-order valence-corrected chi connectivity index (χ1v) is 12.0. The summed E-state index contributed by atoms with van der Waals surface area (Å²) in [5.41, 5.74) is 15.0. The van der Waals surface area contributed by atoms with Crippen LogP contribution >= 0.6 is 0 Å². The predicted molar refractivity (Wildman–Crippen MR) is 140 cm³/mol. The van der Waals surface area contributed by atoms with Gasteiger partial charge >= 0.3 is 0 Å². The predicted octanol–water partition coefficient (Wildman–Crippen LogP) is 6.73. The molecule has 4 heteroatoms. The van der Waals surface area contributed by atoms with Crippen molar-refractivity contribution in [2.45, 2.75) is 12.8 Å². The maximum absolute atomic E-state index is 5.04. The van der Waals surface area contributed by atoms with Crippen LogP contribution in [0.2, 0.25) is 0 Å². The summed E-state index contributed by atoms with van der Waals surface area (Å²) in [5.74, 6) is 0. The summed E-state index contributed by atoms with van der Waals surface area (Å²) in [6, 6.07) is 24.5. The number of benzene rings is 3. The van der Waals surface area contributed by atoms with Crippen molar-refractivity contribution in [2.75, 3.05) is 0 Å². The lowest BCUT2D eigenvalue weighted by Gasteiger charge is -2.11. The quantitative estimate of drug-likeness (QED) is 0.243. The summed E-state index contributed by atoms with van der Waals surface area (Å²) >= 11 is 0. The van der Waals surface area contributed by atoms with Crippen molar-refractivity contribution >= 4 is 38.5 Å². The van der Waals surface area contributed by atoms with Crippen molar-refractivity contribution in [3.63, 3.8) is 0 Å². The minimum atomic E-state index is 0.885. The Kier molecular flexibility index (Phi) is 3.11. The Morgan fingerprint density at radius 1 is 0.600 bits per heavy atom. The fourth-order valence-electron chi connectivity index (χ4n) is 6.40. The Labute approximate surface area is 200 Å². The second kappa shape index (κ2) is 6.10. The zero-order valence-corrected chi connectivity index (χ0v) is 18.8. The highest BCUT2D eigenvalue weighted by atomic mass is 15.1. The van der Waals surface area contributed by atoms with Gasteiger partial charge in [-0.15, -0.1) is 0 Å². The molecule has 7 aromatic rings. The average Bonchev–Trinajstić information content (AvgIpc) is 3.57. The van der Waals surface area contributed by atoms with Gasteiger partial charge in [0.2, 0.25) is 0 Å². The Balaban J connectivity index is 1.40. The Morgan fingerprint density at radius 3 is 2.40 bits per heavy atom. The van der Waals surface area contributed by atoms with Crippen molar-refractivity contribution in [2.24, 2.45) is 0 Å². The number of aromatic nitrogens is 4. The second-order valence-electron chi connectivity index (χ2n) is 9.74. The number of hydrogen-bond acceptors (Lipinski definition) is 3. The highest BCUT2D eigenvalue weighted by Crippen LogP contribution is 2.46. The molecule has 35 heavy (non-hydrogen) atoms. The molecule has 0 radical (unpaired) electrons. The third-order valence-corrected chi connectivity index (χ3v) is 7.92. The molecule has 0 spiro atoms. The molecule has 0 amide bonds. The molecule has 0 atom stereocenters. The van der Waals surface area contributed by atoms with Gasteiger partial charge in [0.25, 0.3) is 0 Å². The molecule has 0 aliphatic heterocycles. The van der Waals surface area contributed by atoms with Crippen LogP contribution in [0, 0.1) is 0 Å². The van der Waals surface area contributed by atoms with Crippen LogP contribution in [0.1, 0.15) is 22.3 Å². The highest BCUT2D eigenvalue weighted by molar-refractivity contribution is 6.15. The first-order valence-electron chi connectivity index (χ1n) is 12.0. The van der Waals surface area contributed by atoms with Gasteiger partial charge in [-0.3, -0.25) is 9.38 Å². The monoisotopic (exact) mass is 446 g/mol. The molecule has 0 saturated carbocycles. The van der Waals surface area contributed by atoms with Crippen LogP contribution in [-0.2, 0) is 12.8 Å². The molecule has 162 valence electrons. The third-order valence-electron chi connectivity index (χ3n) is 7.92.